The third-order valence-corrected chi connectivity index (χ3v) is 10.1. The van der Waals surface area contributed by atoms with Gasteiger partial charge in [0, 0.05) is 42.2 Å². The van der Waals surface area contributed by atoms with Crippen molar-refractivity contribution in [3.05, 3.63) is 109 Å². The number of rotatable bonds is 14. The van der Waals surface area contributed by atoms with Crippen LogP contribution in [0, 0.1) is 11.8 Å². The van der Waals surface area contributed by atoms with E-state index in [9.17, 15) is 36.3 Å². The number of aromatic nitrogens is 8. The zero-order valence-electron chi connectivity index (χ0n) is 29.1. The molecule has 1 unspecified atom stereocenters. The van der Waals surface area contributed by atoms with Crippen LogP contribution in [0.4, 0.5) is 33.3 Å². The maximum Gasteiger partial charge on any atom is 0.433 e. The molecule has 0 aliphatic rings. The van der Waals surface area contributed by atoms with Gasteiger partial charge in [-0.1, -0.05) is 59.9 Å². The fourth-order valence-electron chi connectivity index (χ4n) is 5.27. The van der Waals surface area contributed by atoms with Gasteiger partial charge in [0.05, 0.1) is 22.8 Å². The second-order valence-electron chi connectivity index (χ2n) is 11.7. The molecular weight excluding hydrogens is 780 g/mol. The van der Waals surface area contributed by atoms with Crippen LogP contribution in [0.25, 0.3) is 22.8 Å². The normalized spacial score (nSPS) is 12.0. The van der Waals surface area contributed by atoms with Gasteiger partial charge >= 0.3 is 6.18 Å². The quantitative estimate of drug-likeness (QED) is 0.0647. The van der Waals surface area contributed by atoms with Crippen molar-refractivity contribution in [2.45, 2.75) is 48.0 Å². The van der Waals surface area contributed by atoms with Crippen molar-refractivity contribution < 1.29 is 36.3 Å². The highest BCUT2D eigenvalue weighted by Gasteiger charge is 2.34. The summed E-state index contributed by atoms with van der Waals surface area (Å²) in [7, 11) is 0. The molecule has 0 fully saturated rings. The van der Waals surface area contributed by atoms with Crippen LogP contribution in [0.3, 0.4) is 0 Å². The molecule has 0 saturated carbocycles. The average molecular weight is 809 g/mol. The molecule has 0 spiro atoms. The molecule has 0 radical (unpaired) electrons. The summed E-state index contributed by atoms with van der Waals surface area (Å²) in [6.45, 7) is 1.90. The van der Waals surface area contributed by atoms with E-state index in [1.165, 1.54) is 10.6 Å². The van der Waals surface area contributed by atoms with Crippen LogP contribution in [-0.4, -0.2) is 68.2 Å². The van der Waals surface area contributed by atoms with Gasteiger partial charge in [-0.05, 0) is 49.7 Å². The highest BCUT2D eigenvalue weighted by atomic mass is 32.2. The molecule has 0 aliphatic carbocycles. The first-order valence-corrected chi connectivity index (χ1v) is 18.5. The van der Waals surface area contributed by atoms with Crippen molar-refractivity contribution in [3.8, 4) is 22.8 Å². The van der Waals surface area contributed by atoms with Gasteiger partial charge in [-0.15, -0.1) is 20.4 Å². The van der Waals surface area contributed by atoms with Gasteiger partial charge in [-0.2, -0.15) is 17.6 Å². The van der Waals surface area contributed by atoms with Crippen molar-refractivity contribution >= 4 is 52.6 Å². The van der Waals surface area contributed by atoms with E-state index in [0.29, 0.717) is 17.6 Å². The molecule has 6 aromatic rings. The molecule has 56 heavy (non-hydrogen) atoms. The number of nitrogens with one attached hydrogen (secondary N) is 2. The SMILES string of the molecule is CCn1c(SC(CCC(=O)n2c(SCC(=O)Nc3ccccc3)nnc2-c2ccnc(C(F)(F)F)c2)C(=O)Nc2ccccc2)nnc1-c1cc(F)ncc1F. The fourth-order valence-corrected chi connectivity index (χ4v) is 7.11. The number of anilines is 2. The van der Waals surface area contributed by atoms with Gasteiger partial charge in [0.15, 0.2) is 27.8 Å². The lowest BCUT2D eigenvalue weighted by Crippen LogP contribution is -2.27. The van der Waals surface area contributed by atoms with E-state index in [1.807, 2.05) is 0 Å². The number of nitrogens with zero attached hydrogens (tertiary/aromatic N) is 8. The van der Waals surface area contributed by atoms with Gasteiger partial charge in [0.25, 0.3) is 0 Å². The first-order chi connectivity index (χ1) is 26.9. The lowest BCUT2D eigenvalue weighted by Gasteiger charge is -2.17. The molecule has 0 bridgehead atoms. The van der Waals surface area contributed by atoms with E-state index >= 15 is 0 Å². The average Bonchev–Trinajstić information content (AvgIpc) is 3.81. The zero-order chi connectivity index (χ0) is 39.8. The van der Waals surface area contributed by atoms with Crippen LogP contribution >= 0.6 is 23.5 Å². The molecule has 13 nitrogen and oxygen atoms in total. The summed E-state index contributed by atoms with van der Waals surface area (Å²) < 4.78 is 72.1. The Labute approximate surface area is 323 Å². The summed E-state index contributed by atoms with van der Waals surface area (Å²) in [5, 5.41) is 20.8. The number of carbonyl (C=O) groups excluding carboxylic acids is 3. The molecule has 0 saturated heterocycles. The van der Waals surface area contributed by atoms with E-state index in [1.54, 1.807) is 67.6 Å². The molecule has 4 aromatic heterocycles. The Morgan fingerprint density at radius 3 is 2.16 bits per heavy atom. The summed E-state index contributed by atoms with van der Waals surface area (Å²) in [5.74, 6) is -3.97. The lowest BCUT2D eigenvalue weighted by molar-refractivity contribution is -0.141. The van der Waals surface area contributed by atoms with Gasteiger partial charge in [0.2, 0.25) is 23.7 Å². The minimum atomic E-state index is -4.80. The molecule has 2 N–H and O–H groups in total. The third-order valence-electron chi connectivity index (χ3n) is 7.88. The van der Waals surface area contributed by atoms with Crippen LogP contribution in [-0.2, 0) is 22.3 Å². The summed E-state index contributed by atoms with van der Waals surface area (Å²) in [5.41, 5.74) is -0.574. The first-order valence-electron chi connectivity index (χ1n) is 16.7. The van der Waals surface area contributed by atoms with Gasteiger partial charge in [-0.25, -0.2) is 13.9 Å². The Morgan fingerprint density at radius 2 is 1.48 bits per heavy atom. The van der Waals surface area contributed by atoms with E-state index in [0.717, 1.165) is 46.4 Å². The minimum absolute atomic E-state index is 0.0187. The van der Waals surface area contributed by atoms with Crippen LogP contribution in [0.15, 0.2) is 102 Å². The molecular formula is C36H29F5N10O3S2. The largest absolute Gasteiger partial charge is 0.433 e. The second-order valence-corrected chi connectivity index (χ2v) is 13.8. The van der Waals surface area contributed by atoms with E-state index < -0.39 is 46.6 Å². The van der Waals surface area contributed by atoms with Crippen molar-refractivity contribution in [3.63, 3.8) is 0 Å². The maximum absolute atomic E-state index is 14.7. The summed E-state index contributed by atoms with van der Waals surface area (Å²) in [4.78, 5) is 47.4. The van der Waals surface area contributed by atoms with Crippen LogP contribution in [0.5, 0.6) is 0 Å². The number of thioether (sulfide) groups is 2. The number of para-hydroxylation sites is 2. The van der Waals surface area contributed by atoms with Crippen molar-refractivity contribution in [2.75, 3.05) is 16.4 Å². The molecule has 0 aliphatic heterocycles. The highest BCUT2D eigenvalue weighted by molar-refractivity contribution is 8.00. The Hall–Kier alpha value is -6.02. The second kappa shape index (κ2) is 17.6. The predicted molar refractivity (Wildman–Crippen MR) is 197 cm³/mol. The van der Waals surface area contributed by atoms with Gasteiger partial charge in [-0.3, -0.25) is 19.4 Å². The van der Waals surface area contributed by atoms with E-state index in [2.05, 4.69) is 41.0 Å². The topological polar surface area (TPSA) is 162 Å². The molecule has 4 heterocycles. The predicted octanol–water partition coefficient (Wildman–Crippen LogP) is 7.26. The zero-order valence-corrected chi connectivity index (χ0v) is 30.7. The monoisotopic (exact) mass is 808 g/mol. The number of carbonyl (C=O) groups is 3. The summed E-state index contributed by atoms with van der Waals surface area (Å²) >= 11 is 1.75. The summed E-state index contributed by atoms with van der Waals surface area (Å²) in [6.07, 6.45) is -3.70. The molecule has 288 valence electrons. The fraction of sp³-hybridized carbons (Fsp3) is 0.194. The van der Waals surface area contributed by atoms with Crippen molar-refractivity contribution in [2.24, 2.45) is 0 Å². The number of hydrogen-bond donors (Lipinski definition) is 2. The lowest BCUT2D eigenvalue weighted by atomic mass is 10.2. The molecule has 2 amide bonds. The Balaban J connectivity index is 1.30. The molecule has 2 aromatic carbocycles. The Morgan fingerprint density at radius 1 is 0.821 bits per heavy atom. The van der Waals surface area contributed by atoms with Crippen molar-refractivity contribution in [1.82, 2.24) is 39.5 Å². The number of hydrogen-bond acceptors (Lipinski definition) is 11. The van der Waals surface area contributed by atoms with E-state index in [-0.39, 0.29) is 58.2 Å². The maximum atomic E-state index is 14.7. The van der Waals surface area contributed by atoms with Gasteiger partial charge in [0.1, 0.15) is 5.69 Å². The highest BCUT2D eigenvalue weighted by Crippen LogP contribution is 2.34. The van der Waals surface area contributed by atoms with Gasteiger partial charge < -0.3 is 15.2 Å². The minimum Gasteiger partial charge on any atom is -0.325 e. The van der Waals surface area contributed by atoms with Crippen LogP contribution in [0.1, 0.15) is 30.3 Å². The smallest absolute Gasteiger partial charge is 0.325 e. The number of benzene rings is 2. The third kappa shape index (κ3) is 9.61. The van der Waals surface area contributed by atoms with E-state index in [4.69, 9.17) is 0 Å². The molecule has 20 heteroatoms. The molecule has 1 atom stereocenters. The Kier molecular flexibility index (Phi) is 12.5. The van der Waals surface area contributed by atoms with Crippen LogP contribution in [0.2, 0.25) is 0 Å². The summed E-state index contributed by atoms with van der Waals surface area (Å²) in [6, 6.07) is 19.9. The standard InChI is InChI=1S/C36H29F5N10O3S2/c1-2-50-32(24-18-28(38)43-19-25(24)37)47-48-34(50)56-26(33(54)45-23-11-7-4-8-12-23)13-14-30(53)51-31(21-15-16-42-27(17-21)36(39,40)41)46-49-35(51)55-20-29(52)44-22-9-5-3-6-10-22/h3-12,15-19,26H,2,13-14,20H2,1H3,(H,44,52)(H,45,54). The Bertz CT molecular complexity index is 2340. The molecule has 6 rings (SSSR count). The number of halogens is 5. The first kappa shape index (κ1) is 39.7. The van der Waals surface area contributed by atoms with Crippen LogP contribution < -0.4 is 10.6 Å². The number of alkyl halides is 3. The number of pyridine rings is 2. The number of amides is 2. The van der Waals surface area contributed by atoms with Crippen molar-refractivity contribution in [1.29, 1.82) is 0 Å².